The van der Waals surface area contributed by atoms with Crippen molar-refractivity contribution in [3.63, 3.8) is 0 Å². The van der Waals surface area contributed by atoms with Crippen LogP contribution in [0.1, 0.15) is 28.8 Å². The first-order chi connectivity index (χ1) is 13.5. The Balaban J connectivity index is 1.40. The third-order valence-electron chi connectivity index (χ3n) is 5.41. The lowest BCUT2D eigenvalue weighted by molar-refractivity contribution is -0.121. The van der Waals surface area contributed by atoms with Gasteiger partial charge in [-0.05, 0) is 24.1 Å². The first-order valence-electron chi connectivity index (χ1n) is 9.29. The van der Waals surface area contributed by atoms with Crippen LogP contribution < -0.4 is 10.6 Å². The summed E-state index contributed by atoms with van der Waals surface area (Å²) in [5, 5.41) is 7.67. The van der Waals surface area contributed by atoms with E-state index in [4.69, 9.17) is 0 Å². The predicted molar refractivity (Wildman–Crippen MR) is 98.4 cm³/mol. The second-order valence-electron chi connectivity index (χ2n) is 7.26. The van der Waals surface area contributed by atoms with Gasteiger partial charge in [0.1, 0.15) is 5.66 Å². The highest BCUT2D eigenvalue weighted by Crippen LogP contribution is 2.28. The molecule has 28 heavy (non-hydrogen) atoms. The molecule has 0 aromatic heterocycles. The third-order valence-corrected chi connectivity index (χ3v) is 5.41. The molecule has 7 heteroatoms. The van der Waals surface area contributed by atoms with Gasteiger partial charge >= 0.3 is 0 Å². The van der Waals surface area contributed by atoms with Crippen LogP contribution in [0.3, 0.4) is 0 Å². The monoisotopic (exact) mass is 384 g/mol. The molecule has 2 aromatic rings. The van der Waals surface area contributed by atoms with E-state index in [1.165, 1.54) is 17.0 Å². The van der Waals surface area contributed by atoms with E-state index in [9.17, 15) is 18.4 Å². The first-order valence-corrected chi connectivity index (χ1v) is 9.29. The molecule has 0 saturated carbocycles. The van der Waals surface area contributed by atoms with Crippen LogP contribution >= 0.6 is 0 Å². The molecule has 0 bridgehead atoms. The van der Waals surface area contributed by atoms with Crippen molar-refractivity contribution in [1.82, 2.24) is 15.5 Å². The Hall–Kier alpha value is -2.80. The average molecular weight is 384 g/mol. The average Bonchev–Trinajstić information content (AvgIpc) is 2.99. The molecule has 145 valence electrons. The van der Waals surface area contributed by atoms with Crippen LogP contribution in [-0.4, -0.2) is 41.5 Å². The van der Waals surface area contributed by atoms with Gasteiger partial charge in [-0.1, -0.05) is 36.4 Å². The summed E-state index contributed by atoms with van der Waals surface area (Å²) in [4.78, 5) is 26.4. The van der Waals surface area contributed by atoms with Crippen LogP contribution in [0.5, 0.6) is 0 Å². The summed E-state index contributed by atoms with van der Waals surface area (Å²) < 4.78 is 27.3. The minimum atomic E-state index is -1.13. The predicted octanol–water partition coefficient (Wildman–Crippen LogP) is 2.24. The quantitative estimate of drug-likeness (QED) is 0.883. The summed E-state index contributed by atoms with van der Waals surface area (Å²) in [6.07, 6.45) is 1.46. The summed E-state index contributed by atoms with van der Waals surface area (Å²) in [6.45, 7) is 0.632. The van der Waals surface area contributed by atoms with E-state index in [1.54, 1.807) is 0 Å². The van der Waals surface area contributed by atoms with Crippen molar-refractivity contribution < 1.29 is 18.4 Å². The van der Waals surface area contributed by atoms with Crippen LogP contribution in [-0.2, 0) is 11.2 Å². The van der Waals surface area contributed by atoms with Gasteiger partial charge < -0.3 is 4.90 Å². The van der Waals surface area contributed by atoms with Gasteiger partial charge in [-0.25, -0.2) is 14.1 Å². The molecule has 2 saturated heterocycles. The SMILES string of the molecule is O=C1[N]C2(CCN(C(=O)c3cccc(F)c3F)CC2)NC1Cc1ccccc1. The third kappa shape index (κ3) is 3.49. The normalized spacial score (nSPS) is 21.0. The van der Waals surface area contributed by atoms with Gasteiger partial charge in [0, 0.05) is 25.9 Å². The molecule has 2 aliphatic rings. The smallest absolute Gasteiger partial charge is 0.260 e. The number of nitrogens with zero attached hydrogens (tertiary/aromatic N) is 2. The number of hydrogen-bond donors (Lipinski definition) is 1. The number of amides is 2. The van der Waals surface area contributed by atoms with Gasteiger partial charge in [0.15, 0.2) is 11.6 Å². The fourth-order valence-corrected chi connectivity index (χ4v) is 3.87. The van der Waals surface area contributed by atoms with Crippen LogP contribution in [0.2, 0.25) is 0 Å². The summed E-state index contributed by atoms with van der Waals surface area (Å²) in [6, 6.07) is 12.9. The van der Waals surface area contributed by atoms with Crippen LogP contribution in [0.25, 0.3) is 0 Å². The van der Waals surface area contributed by atoms with Crippen LogP contribution in [0, 0.1) is 11.6 Å². The lowest BCUT2D eigenvalue weighted by atomic mass is 9.96. The van der Waals surface area contributed by atoms with E-state index in [2.05, 4.69) is 10.6 Å². The summed E-state index contributed by atoms with van der Waals surface area (Å²) >= 11 is 0. The Morgan fingerprint density at radius 1 is 1.11 bits per heavy atom. The van der Waals surface area contributed by atoms with Gasteiger partial charge in [0.2, 0.25) is 0 Å². The summed E-state index contributed by atoms with van der Waals surface area (Å²) in [7, 11) is 0. The number of halogens is 2. The number of benzene rings is 2. The molecule has 4 rings (SSSR count). The lowest BCUT2D eigenvalue weighted by Gasteiger charge is -2.38. The van der Waals surface area contributed by atoms with Gasteiger partial charge in [-0.15, -0.1) is 0 Å². The number of hydrogen-bond acceptors (Lipinski definition) is 3. The summed E-state index contributed by atoms with van der Waals surface area (Å²) in [5.41, 5.74) is 0.0912. The second-order valence-corrected chi connectivity index (χ2v) is 7.26. The second kappa shape index (κ2) is 7.31. The molecule has 2 heterocycles. The zero-order chi connectivity index (χ0) is 19.7. The maximum absolute atomic E-state index is 13.9. The molecule has 1 atom stereocenters. The maximum atomic E-state index is 13.9. The molecular weight excluding hydrogens is 364 g/mol. The highest BCUT2D eigenvalue weighted by molar-refractivity contribution is 5.94. The van der Waals surface area contributed by atoms with Crippen molar-refractivity contribution >= 4 is 11.8 Å². The van der Waals surface area contributed by atoms with Crippen LogP contribution in [0.4, 0.5) is 8.78 Å². The van der Waals surface area contributed by atoms with E-state index in [-0.39, 0.29) is 17.5 Å². The van der Waals surface area contributed by atoms with Crippen molar-refractivity contribution in [1.29, 1.82) is 0 Å². The topological polar surface area (TPSA) is 63.5 Å². The summed E-state index contributed by atoms with van der Waals surface area (Å²) in [5.74, 6) is -2.90. The first kappa shape index (κ1) is 18.6. The zero-order valence-electron chi connectivity index (χ0n) is 15.2. The Labute approximate surface area is 161 Å². The highest BCUT2D eigenvalue weighted by atomic mass is 19.2. The molecule has 0 aliphatic carbocycles. The highest BCUT2D eigenvalue weighted by Gasteiger charge is 2.47. The fraction of sp³-hybridized carbons (Fsp3) is 0.333. The minimum absolute atomic E-state index is 0.181. The number of carbonyl (C=O) groups is 2. The Morgan fingerprint density at radius 2 is 1.82 bits per heavy atom. The molecule has 1 unspecified atom stereocenters. The molecule has 2 fully saturated rings. The molecule has 1 radical (unpaired) electrons. The van der Waals surface area contributed by atoms with Crippen LogP contribution in [0.15, 0.2) is 48.5 Å². The molecule has 2 amide bonds. The lowest BCUT2D eigenvalue weighted by Crippen LogP contribution is -2.56. The van der Waals surface area contributed by atoms with Crippen molar-refractivity contribution in [3.05, 3.63) is 71.3 Å². The van der Waals surface area contributed by atoms with Crippen molar-refractivity contribution in [2.45, 2.75) is 31.0 Å². The fourth-order valence-electron chi connectivity index (χ4n) is 3.87. The van der Waals surface area contributed by atoms with Crippen molar-refractivity contribution in [3.8, 4) is 0 Å². The Morgan fingerprint density at radius 3 is 2.54 bits per heavy atom. The van der Waals surface area contributed by atoms with E-state index in [0.717, 1.165) is 11.6 Å². The Kier molecular flexibility index (Phi) is 4.85. The number of nitrogens with one attached hydrogen (secondary N) is 1. The van der Waals surface area contributed by atoms with E-state index in [0.29, 0.717) is 32.4 Å². The van der Waals surface area contributed by atoms with Gasteiger partial charge in [-0.2, -0.15) is 0 Å². The van der Waals surface area contributed by atoms with E-state index in [1.807, 2.05) is 30.3 Å². The number of likely N-dealkylation sites (tertiary alicyclic amines) is 1. The maximum Gasteiger partial charge on any atom is 0.260 e. The molecule has 2 aromatic carbocycles. The van der Waals surface area contributed by atoms with Gasteiger partial charge in [-0.3, -0.25) is 14.9 Å². The Bertz CT molecular complexity index is 896. The van der Waals surface area contributed by atoms with E-state index >= 15 is 0 Å². The molecule has 1 spiro atoms. The molecular formula is C21H20F2N3O2. The standard InChI is InChI=1S/C21H20F2N3O2/c22-16-8-4-7-15(18(16)23)20(28)26-11-9-21(10-12-26)24-17(19(27)25-21)13-14-5-2-1-3-6-14/h1-8,17,24H,9-13H2. The minimum Gasteiger partial charge on any atom is -0.338 e. The van der Waals surface area contributed by atoms with Crippen molar-refractivity contribution in [2.24, 2.45) is 0 Å². The number of carbonyl (C=O) groups excluding carboxylic acids is 2. The number of piperidine rings is 1. The molecule has 5 nitrogen and oxygen atoms in total. The van der Waals surface area contributed by atoms with E-state index < -0.39 is 23.2 Å². The largest absolute Gasteiger partial charge is 0.338 e. The van der Waals surface area contributed by atoms with Gasteiger partial charge in [0.25, 0.3) is 11.8 Å². The molecule has 2 aliphatic heterocycles. The zero-order valence-corrected chi connectivity index (χ0v) is 15.2. The van der Waals surface area contributed by atoms with Crippen molar-refractivity contribution in [2.75, 3.05) is 13.1 Å². The number of rotatable bonds is 3. The van der Waals surface area contributed by atoms with Gasteiger partial charge in [0.05, 0.1) is 11.6 Å². The molecule has 1 N–H and O–H groups in total.